The van der Waals surface area contributed by atoms with Gasteiger partial charge in [-0.2, -0.15) is 0 Å². The lowest BCUT2D eigenvalue weighted by Crippen LogP contribution is -2.28. The average Bonchev–Trinajstić information content (AvgIpc) is 3.06. The second-order valence-corrected chi connectivity index (χ2v) is 5.35. The van der Waals surface area contributed by atoms with Crippen LogP contribution in [0.3, 0.4) is 0 Å². The fraction of sp³-hybridized carbons (Fsp3) is 0.235. The van der Waals surface area contributed by atoms with Gasteiger partial charge in [0.15, 0.2) is 5.58 Å². The smallest absolute Gasteiger partial charge is 0.408 e. The highest BCUT2D eigenvalue weighted by Gasteiger charge is 2.18. The van der Waals surface area contributed by atoms with Crippen LogP contribution < -0.4 is 10.7 Å². The van der Waals surface area contributed by atoms with E-state index >= 15 is 0 Å². The Bertz CT molecular complexity index is 847. The number of para-hydroxylation sites is 3. The normalized spacial score (nSPS) is 13.8. The minimum absolute atomic E-state index is 0.274. The fourth-order valence-electron chi connectivity index (χ4n) is 3.09. The molecule has 21 heavy (non-hydrogen) atoms. The van der Waals surface area contributed by atoms with E-state index in [2.05, 4.69) is 29.2 Å². The first-order chi connectivity index (χ1) is 10.3. The lowest BCUT2D eigenvalue weighted by Gasteiger charge is -2.19. The molecule has 0 spiro atoms. The molecule has 0 N–H and O–H groups in total. The highest BCUT2D eigenvalue weighted by atomic mass is 16.4. The molecule has 1 aromatic heterocycles. The molecule has 0 radical (unpaired) electrons. The molecule has 0 saturated heterocycles. The summed E-state index contributed by atoms with van der Waals surface area (Å²) in [4.78, 5) is 14.3. The van der Waals surface area contributed by atoms with Gasteiger partial charge in [-0.05, 0) is 30.2 Å². The summed E-state index contributed by atoms with van der Waals surface area (Å²) >= 11 is 0. The van der Waals surface area contributed by atoms with Gasteiger partial charge >= 0.3 is 5.76 Å². The Morgan fingerprint density at radius 2 is 1.81 bits per heavy atom. The zero-order valence-electron chi connectivity index (χ0n) is 11.7. The van der Waals surface area contributed by atoms with Gasteiger partial charge in [-0.15, -0.1) is 0 Å². The van der Waals surface area contributed by atoms with Gasteiger partial charge in [0.2, 0.25) is 0 Å². The van der Waals surface area contributed by atoms with Gasteiger partial charge in [-0.1, -0.05) is 30.3 Å². The van der Waals surface area contributed by atoms with Crippen LogP contribution in [0.4, 0.5) is 5.69 Å². The van der Waals surface area contributed by atoms with E-state index in [-0.39, 0.29) is 5.76 Å². The van der Waals surface area contributed by atoms with Crippen molar-refractivity contribution < 1.29 is 4.42 Å². The number of rotatable bonds is 3. The predicted octanol–water partition coefficient (Wildman–Crippen LogP) is 2.66. The van der Waals surface area contributed by atoms with Crippen molar-refractivity contribution >= 4 is 16.8 Å². The van der Waals surface area contributed by atoms with Crippen molar-refractivity contribution in [3.05, 3.63) is 64.6 Å². The van der Waals surface area contributed by atoms with Crippen LogP contribution in [0.5, 0.6) is 0 Å². The van der Waals surface area contributed by atoms with E-state index in [1.54, 1.807) is 4.57 Å². The Kier molecular flexibility index (Phi) is 2.81. The maximum absolute atomic E-state index is 12.0. The molecular weight excluding hydrogens is 264 g/mol. The third kappa shape index (κ3) is 2.03. The van der Waals surface area contributed by atoms with Crippen molar-refractivity contribution in [1.82, 2.24) is 4.57 Å². The lowest BCUT2D eigenvalue weighted by atomic mass is 10.2. The Morgan fingerprint density at radius 3 is 2.76 bits per heavy atom. The highest BCUT2D eigenvalue weighted by molar-refractivity contribution is 5.72. The molecule has 1 aliphatic heterocycles. The average molecular weight is 280 g/mol. The Balaban J connectivity index is 1.60. The molecule has 106 valence electrons. The van der Waals surface area contributed by atoms with E-state index in [1.165, 1.54) is 11.3 Å². The van der Waals surface area contributed by atoms with E-state index in [9.17, 15) is 4.79 Å². The van der Waals surface area contributed by atoms with Crippen LogP contribution >= 0.6 is 0 Å². The maximum Gasteiger partial charge on any atom is 0.420 e. The van der Waals surface area contributed by atoms with E-state index in [4.69, 9.17) is 4.42 Å². The summed E-state index contributed by atoms with van der Waals surface area (Å²) in [5.41, 5.74) is 4.21. The van der Waals surface area contributed by atoms with Crippen LogP contribution in [0.1, 0.15) is 5.56 Å². The molecule has 3 aromatic rings. The largest absolute Gasteiger partial charge is 0.420 e. The molecule has 0 atom stereocenters. The monoisotopic (exact) mass is 280 g/mol. The third-order valence-electron chi connectivity index (χ3n) is 4.15. The molecule has 0 bridgehead atoms. The molecule has 0 amide bonds. The van der Waals surface area contributed by atoms with Gasteiger partial charge in [0.05, 0.1) is 5.52 Å². The van der Waals surface area contributed by atoms with Crippen molar-refractivity contribution in [2.75, 3.05) is 18.0 Å². The number of nitrogens with zero attached hydrogens (tertiary/aromatic N) is 2. The standard InChI is InChI=1S/C17H16N2O2/c20-17-19(15-7-3-4-8-16(15)21-17)12-11-18-10-9-13-5-1-2-6-14(13)18/h1-8H,9-12H2. The van der Waals surface area contributed by atoms with Gasteiger partial charge in [0.1, 0.15) is 0 Å². The molecule has 0 fully saturated rings. The van der Waals surface area contributed by atoms with Gasteiger partial charge < -0.3 is 9.32 Å². The van der Waals surface area contributed by atoms with Crippen LogP contribution in [-0.2, 0) is 13.0 Å². The van der Waals surface area contributed by atoms with Gasteiger partial charge in [0.25, 0.3) is 0 Å². The molecular formula is C17H16N2O2. The second kappa shape index (κ2) is 4.81. The van der Waals surface area contributed by atoms with Crippen LogP contribution in [0, 0.1) is 0 Å². The van der Waals surface area contributed by atoms with E-state index in [1.807, 2.05) is 24.3 Å². The maximum atomic E-state index is 12.0. The summed E-state index contributed by atoms with van der Waals surface area (Å²) < 4.78 is 6.99. The van der Waals surface area contributed by atoms with Crippen LogP contribution in [0.25, 0.3) is 11.1 Å². The number of hydrogen-bond donors (Lipinski definition) is 0. The topological polar surface area (TPSA) is 38.4 Å². The summed E-state index contributed by atoms with van der Waals surface area (Å²) in [6.45, 7) is 2.48. The van der Waals surface area contributed by atoms with Crippen molar-refractivity contribution in [2.24, 2.45) is 0 Å². The van der Waals surface area contributed by atoms with Crippen LogP contribution in [-0.4, -0.2) is 17.7 Å². The molecule has 2 aromatic carbocycles. The Morgan fingerprint density at radius 1 is 1.00 bits per heavy atom. The first kappa shape index (κ1) is 12.3. The van der Waals surface area contributed by atoms with Crippen molar-refractivity contribution in [3.63, 3.8) is 0 Å². The number of anilines is 1. The molecule has 1 aliphatic rings. The summed E-state index contributed by atoms with van der Waals surface area (Å²) in [5, 5.41) is 0. The van der Waals surface area contributed by atoms with Crippen molar-refractivity contribution in [1.29, 1.82) is 0 Å². The van der Waals surface area contributed by atoms with Crippen LogP contribution in [0.15, 0.2) is 57.7 Å². The highest BCUT2D eigenvalue weighted by Crippen LogP contribution is 2.27. The molecule has 0 aliphatic carbocycles. The molecule has 0 unspecified atom stereocenters. The molecule has 4 rings (SSSR count). The van der Waals surface area contributed by atoms with Gasteiger partial charge in [0, 0.05) is 25.3 Å². The van der Waals surface area contributed by atoms with Crippen LogP contribution in [0.2, 0.25) is 0 Å². The second-order valence-electron chi connectivity index (χ2n) is 5.35. The van der Waals surface area contributed by atoms with E-state index in [0.29, 0.717) is 12.1 Å². The number of benzene rings is 2. The molecule has 0 saturated carbocycles. The number of aromatic nitrogens is 1. The number of oxazole rings is 1. The number of fused-ring (bicyclic) bond motifs is 2. The van der Waals surface area contributed by atoms with E-state index < -0.39 is 0 Å². The quantitative estimate of drug-likeness (QED) is 0.740. The summed E-state index contributed by atoms with van der Waals surface area (Å²) in [6, 6.07) is 16.0. The summed E-state index contributed by atoms with van der Waals surface area (Å²) in [5.74, 6) is -0.274. The first-order valence-electron chi connectivity index (χ1n) is 7.24. The number of hydrogen-bond acceptors (Lipinski definition) is 3. The first-order valence-corrected chi connectivity index (χ1v) is 7.24. The fourth-order valence-corrected chi connectivity index (χ4v) is 3.09. The van der Waals surface area contributed by atoms with Gasteiger partial charge in [-0.3, -0.25) is 4.57 Å². The Hall–Kier alpha value is -2.49. The zero-order valence-corrected chi connectivity index (χ0v) is 11.7. The molecule has 4 heteroatoms. The van der Waals surface area contributed by atoms with Crippen molar-refractivity contribution in [2.45, 2.75) is 13.0 Å². The predicted molar refractivity (Wildman–Crippen MR) is 82.8 cm³/mol. The van der Waals surface area contributed by atoms with Gasteiger partial charge in [-0.25, -0.2) is 4.79 Å². The minimum atomic E-state index is -0.274. The summed E-state index contributed by atoms with van der Waals surface area (Å²) in [6.07, 6.45) is 1.08. The van der Waals surface area contributed by atoms with E-state index in [0.717, 1.165) is 25.0 Å². The third-order valence-corrected chi connectivity index (χ3v) is 4.15. The molecule has 2 heterocycles. The SMILES string of the molecule is O=c1oc2ccccc2n1CCN1CCc2ccccc21. The summed E-state index contributed by atoms with van der Waals surface area (Å²) in [7, 11) is 0. The minimum Gasteiger partial charge on any atom is -0.408 e. The van der Waals surface area contributed by atoms with Crippen molar-refractivity contribution in [3.8, 4) is 0 Å². The lowest BCUT2D eigenvalue weighted by molar-refractivity contribution is 0.504. The molecule has 4 nitrogen and oxygen atoms in total. The zero-order chi connectivity index (χ0) is 14.2. The Labute approximate surface area is 122 Å².